The molecule has 1 aromatic carbocycles. The Morgan fingerprint density at radius 1 is 1.06 bits per heavy atom. The van der Waals surface area contributed by atoms with Gasteiger partial charge in [-0.15, -0.1) is 0 Å². The number of hydrogen-bond acceptors (Lipinski definition) is 4. The van der Waals surface area contributed by atoms with Crippen molar-refractivity contribution in [1.29, 1.82) is 0 Å². The Labute approximate surface area is 196 Å². The summed E-state index contributed by atoms with van der Waals surface area (Å²) in [7, 11) is 3.60. The number of nitrogens with one attached hydrogen (secondary N) is 1. The number of rotatable bonds is 4. The van der Waals surface area contributed by atoms with Crippen LogP contribution in [0, 0.1) is 17.0 Å². The summed E-state index contributed by atoms with van der Waals surface area (Å²) in [6.07, 6.45) is 7.13. The zero-order valence-corrected chi connectivity index (χ0v) is 19.6. The van der Waals surface area contributed by atoms with Crippen molar-refractivity contribution in [2.24, 2.45) is 5.41 Å². The number of aromatic nitrogens is 2. The number of fused-ring (bicyclic) bond motifs is 4. The number of pyridine rings is 2. The summed E-state index contributed by atoms with van der Waals surface area (Å²) in [6.45, 7) is 2.30. The Morgan fingerprint density at radius 3 is 2.35 bits per heavy atom. The second kappa shape index (κ2) is 7.89. The molecule has 3 aliphatic rings. The number of hydrogen-bond donors (Lipinski definition) is 1. The van der Waals surface area contributed by atoms with E-state index in [9.17, 15) is 18.4 Å². The van der Waals surface area contributed by atoms with Crippen LogP contribution in [0.2, 0.25) is 0 Å². The summed E-state index contributed by atoms with van der Waals surface area (Å²) in [5.41, 5.74) is -0.302. The van der Waals surface area contributed by atoms with Gasteiger partial charge in [0, 0.05) is 31.9 Å². The van der Waals surface area contributed by atoms with Gasteiger partial charge < -0.3 is 10.2 Å². The average Bonchev–Trinajstić information content (AvgIpc) is 2.80. The van der Waals surface area contributed by atoms with Gasteiger partial charge in [0.1, 0.15) is 23.0 Å². The van der Waals surface area contributed by atoms with E-state index in [2.05, 4.69) is 17.2 Å². The van der Waals surface area contributed by atoms with Gasteiger partial charge in [-0.2, -0.15) is 0 Å². The molecule has 0 radical (unpaired) electrons. The van der Waals surface area contributed by atoms with Crippen LogP contribution in [0.3, 0.4) is 0 Å². The maximum absolute atomic E-state index is 14.8. The Bertz CT molecular complexity index is 1340. The Kier molecular flexibility index (Phi) is 5.22. The van der Waals surface area contributed by atoms with E-state index in [-0.39, 0.29) is 27.8 Å². The minimum atomic E-state index is -0.814. The molecule has 178 valence electrons. The van der Waals surface area contributed by atoms with Crippen molar-refractivity contribution < 1.29 is 13.6 Å². The first-order valence-corrected chi connectivity index (χ1v) is 11.6. The summed E-state index contributed by atoms with van der Waals surface area (Å²) in [5, 5.41) is 3.35. The van der Waals surface area contributed by atoms with Crippen LogP contribution in [0.4, 0.5) is 14.6 Å². The zero-order valence-electron chi connectivity index (χ0n) is 19.6. The highest BCUT2D eigenvalue weighted by atomic mass is 19.1. The zero-order chi connectivity index (χ0) is 24.3. The molecule has 1 amide bonds. The van der Waals surface area contributed by atoms with Gasteiger partial charge in [-0.3, -0.25) is 14.2 Å². The summed E-state index contributed by atoms with van der Waals surface area (Å²) in [5.74, 6) is -1.44. The van der Waals surface area contributed by atoms with Crippen LogP contribution >= 0.6 is 0 Å². The molecule has 0 aliphatic heterocycles. The van der Waals surface area contributed by atoms with E-state index >= 15 is 0 Å². The summed E-state index contributed by atoms with van der Waals surface area (Å²) < 4.78 is 29.8. The molecule has 3 aliphatic carbocycles. The van der Waals surface area contributed by atoms with Crippen LogP contribution in [-0.4, -0.2) is 35.1 Å². The number of anilines is 1. The van der Waals surface area contributed by atoms with Gasteiger partial charge >= 0.3 is 0 Å². The van der Waals surface area contributed by atoms with Crippen molar-refractivity contribution in [3.8, 4) is 5.69 Å². The predicted octanol–water partition coefficient (Wildman–Crippen LogP) is 4.57. The number of halogens is 2. The van der Waals surface area contributed by atoms with Crippen LogP contribution in [-0.2, 0) is 0 Å². The van der Waals surface area contributed by atoms with Crippen molar-refractivity contribution >= 4 is 22.8 Å². The topological polar surface area (TPSA) is 67.2 Å². The van der Waals surface area contributed by atoms with E-state index in [0.717, 1.165) is 50.7 Å². The molecule has 6 rings (SSSR count). The first-order valence-electron chi connectivity index (χ1n) is 11.6. The molecule has 8 heteroatoms. The molecule has 0 atom stereocenters. The SMILES string of the molecule is CN(C)c1ccc2c(=O)c(C(=O)NC34CCC(C)(CC3)CC4)cn(-c3ccc(F)cc3F)c2n1. The van der Waals surface area contributed by atoms with E-state index in [1.807, 2.05) is 0 Å². The largest absolute Gasteiger partial charge is 0.363 e. The van der Waals surface area contributed by atoms with Gasteiger partial charge in [0.2, 0.25) is 5.43 Å². The Balaban J connectivity index is 1.64. The fourth-order valence-electron chi connectivity index (χ4n) is 5.33. The van der Waals surface area contributed by atoms with Crippen molar-refractivity contribution in [1.82, 2.24) is 14.9 Å². The maximum Gasteiger partial charge on any atom is 0.257 e. The Hall–Kier alpha value is -3.29. The number of nitrogens with zero attached hydrogens (tertiary/aromatic N) is 3. The summed E-state index contributed by atoms with van der Waals surface area (Å²) in [4.78, 5) is 33.1. The van der Waals surface area contributed by atoms with Gasteiger partial charge in [0.15, 0.2) is 5.65 Å². The second-order valence-corrected chi connectivity index (χ2v) is 10.3. The van der Waals surface area contributed by atoms with Gasteiger partial charge in [-0.25, -0.2) is 13.8 Å². The third-order valence-electron chi connectivity index (χ3n) is 7.71. The van der Waals surface area contributed by atoms with Crippen LogP contribution in [0.1, 0.15) is 55.8 Å². The fourth-order valence-corrected chi connectivity index (χ4v) is 5.33. The lowest BCUT2D eigenvalue weighted by molar-refractivity contribution is 0.0338. The average molecular weight is 467 g/mol. The van der Waals surface area contributed by atoms with Crippen LogP contribution in [0.15, 0.2) is 41.3 Å². The molecule has 3 fully saturated rings. The third kappa shape index (κ3) is 3.75. The van der Waals surface area contributed by atoms with Crippen molar-refractivity contribution in [3.05, 3.63) is 63.9 Å². The number of carbonyl (C=O) groups is 1. The lowest BCUT2D eigenvalue weighted by Crippen LogP contribution is -2.56. The van der Waals surface area contributed by atoms with Crippen molar-refractivity contribution in [3.63, 3.8) is 0 Å². The third-order valence-corrected chi connectivity index (χ3v) is 7.71. The summed E-state index contributed by atoms with van der Waals surface area (Å²) >= 11 is 0. The molecule has 2 aromatic heterocycles. The van der Waals surface area contributed by atoms with E-state index in [1.54, 1.807) is 31.1 Å². The molecule has 34 heavy (non-hydrogen) atoms. The Morgan fingerprint density at radius 2 is 1.74 bits per heavy atom. The molecule has 2 bridgehead atoms. The van der Waals surface area contributed by atoms with Crippen LogP contribution in [0.5, 0.6) is 0 Å². The fraction of sp³-hybridized carbons (Fsp3) is 0.423. The van der Waals surface area contributed by atoms with Gasteiger partial charge in [-0.1, -0.05) is 6.92 Å². The smallest absolute Gasteiger partial charge is 0.257 e. The highest BCUT2D eigenvalue weighted by molar-refractivity contribution is 5.97. The number of carbonyl (C=O) groups excluding carboxylic acids is 1. The van der Waals surface area contributed by atoms with E-state index in [4.69, 9.17) is 0 Å². The standard InChI is InChI=1S/C26H28F2N4O2/c1-25-8-11-26(12-9-25,13-10-25)30-24(34)18-15-32(20-6-4-16(27)14-19(20)28)23-17(22(18)33)5-7-21(29-23)31(2)3/h4-7,14-15H,8-13H2,1-3H3,(H,30,34). The lowest BCUT2D eigenvalue weighted by atomic mass is 9.58. The van der Waals surface area contributed by atoms with Crippen molar-refractivity contribution in [2.45, 2.75) is 51.0 Å². The van der Waals surface area contributed by atoms with E-state index < -0.39 is 23.0 Å². The highest BCUT2D eigenvalue weighted by Gasteiger charge is 2.47. The highest BCUT2D eigenvalue weighted by Crippen LogP contribution is 2.51. The minimum absolute atomic E-state index is 0.00752. The van der Waals surface area contributed by atoms with Crippen molar-refractivity contribution in [2.75, 3.05) is 19.0 Å². The van der Waals surface area contributed by atoms with E-state index in [1.165, 1.54) is 16.8 Å². The normalized spacial score (nSPS) is 23.8. The molecule has 0 spiro atoms. The monoisotopic (exact) mass is 466 g/mol. The van der Waals surface area contributed by atoms with Crippen LogP contribution < -0.4 is 15.6 Å². The van der Waals surface area contributed by atoms with Crippen LogP contribution in [0.25, 0.3) is 16.7 Å². The molecular formula is C26H28F2N4O2. The van der Waals surface area contributed by atoms with E-state index in [0.29, 0.717) is 11.2 Å². The number of amides is 1. The lowest BCUT2D eigenvalue weighted by Gasteiger charge is -2.52. The first-order chi connectivity index (χ1) is 16.1. The first kappa shape index (κ1) is 22.5. The molecule has 1 N–H and O–H groups in total. The minimum Gasteiger partial charge on any atom is -0.363 e. The number of benzene rings is 1. The molecule has 3 aromatic rings. The molecule has 2 heterocycles. The maximum atomic E-state index is 14.8. The molecular weight excluding hydrogens is 438 g/mol. The molecule has 6 nitrogen and oxygen atoms in total. The molecule has 0 saturated heterocycles. The molecule has 0 unspecified atom stereocenters. The van der Waals surface area contributed by atoms with Gasteiger partial charge in [0.25, 0.3) is 5.91 Å². The quantitative estimate of drug-likeness (QED) is 0.612. The second-order valence-electron chi connectivity index (χ2n) is 10.3. The summed E-state index contributed by atoms with van der Waals surface area (Å²) in [6, 6.07) is 6.47. The molecule has 3 saturated carbocycles. The van der Waals surface area contributed by atoms with Gasteiger partial charge in [0.05, 0.1) is 11.1 Å². The predicted molar refractivity (Wildman–Crippen MR) is 128 cm³/mol. The van der Waals surface area contributed by atoms with Gasteiger partial charge in [-0.05, 0) is 68.2 Å².